The van der Waals surface area contributed by atoms with Crippen molar-refractivity contribution in [2.24, 2.45) is 0 Å². The molecule has 2 aromatic heterocycles. The lowest BCUT2D eigenvalue weighted by atomic mass is 10.1. The molecular formula is C16H14F4N4. The third-order valence-corrected chi connectivity index (χ3v) is 3.41. The van der Waals surface area contributed by atoms with Crippen LogP contribution in [0.2, 0.25) is 0 Å². The zero-order chi connectivity index (χ0) is 17.2. The second kappa shape index (κ2) is 6.46. The molecule has 1 N–H and O–H groups in total. The third-order valence-electron chi connectivity index (χ3n) is 3.41. The van der Waals surface area contributed by atoms with Crippen molar-refractivity contribution in [3.8, 4) is 0 Å². The quantitative estimate of drug-likeness (QED) is 0.719. The maximum Gasteiger partial charge on any atom is 0.390 e. The summed E-state index contributed by atoms with van der Waals surface area (Å²) >= 11 is 0. The summed E-state index contributed by atoms with van der Waals surface area (Å²) in [4.78, 5) is 4.09. The Balaban J connectivity index is 1.84. The van der Waals surface area contributed by atoms with Crippen molar-refractivity contribution in [2.75, 3.05) is 11.9 Å². The second-order valence-electron chi connectivity index (χ2n) is 5.34. The number of hydrogen-bond acceptors (Lipinski definition) is 3. The van der Waals surface area contributed by atoms with E-state index >= 15 is 0 Å². The van der Waals surface area contributed by atoms with Crippen LogP contribution in [0.4, 0.5) is 23.2 Å². The minimum absolute atomic E-state index is 0.255. The van der Waals surface area contributed by atoms with Crippen LogP contribution in [0.1, 0.15) is 17.7 Å². The number of nitrogens with one attached hydrogen (secondary N) is 1. The number of imidazole rings is 1. The van der Waals surface area contributed by atoms with Crippen LogP contribution in [-0.2, 0) is 6.42 Å². The van der Waals surface area contributed by atoms with Gasteiger partial charge in [0, 0.05) is 25.4 Å². The van der Waals surface area contributed by atoms with Crippen LogP contribution < -0.4 is 5.32 Å². The van der Waals surface area contributed by atoms with Crippen molar-refractivity contribution in [1.29, 1.82) is 0 Å². The summed E-state index contributed by atoms with van der Waals surface area (Å²) in [7, 11) is 0. The van der Waals surface area contributed by atoms with E-state index in [9.17, 15) is 17.6 Å². The smallest absolute Gasteiger partial charge is 0.382 e. The van der Waals surface area contributed by atoms with Crippen LogP contribution in [0, 0.1) is 5.82 Å². The molecule has 0 bridgehead atoms. The van der Waals surface area contributed by atoms with Crippen LogP contribution in [-0.4, -0.2) is 27.3 Å². The first-order valence-corrected chi connectivity index (χ1v) is 7.29. The highest BCUT2D eigenvalue weighted by Crippen LogP contribution is 2.22. The van der Waals surface area contributed by atoms with Crippen molar-refractivity contribution < 1.29 is 17.6 Å². The topological polar surface area (TPSA) is 42.2 Å². The zero-order valence-electron chi connectivity index (χ0n) is 12.5. The molecule has 0 radical (unpaired) electrons. The molecule has 0 aliphatic carbocycles. The largest absolute Gasteiger partial charge is 0.390 e. The van der Waals surface area contributed by atoms with Gasteiger partial charge in [0.05, 0.1) is 17.8 Å². The van der Waals surface area contributed by atoms with Gasteiger partial charge in [-0.15, -0.1) is 0 Å². The molecule has 0 aliphatic rings. The Morgan fingerprint density at radius 2 is 2.00 bits per heavy atom. The molecule has 0 saturated carbocycles. The van der Waals surface area contributed by atoms with Gasteiger partial charge < -0.3 is 5.32 Å². The lowest BCUT2D eigenvalue weighted by Gasteiger charge is -2.11. The fraction of sp³-hybridized carbons (Fsp3) is 0.250. The van der Waals surface area contributed by atoms with Gasteiger partial charge in [-0.1, -0.05) is 12.1 Å². The molecule has 0 amide bonds. The molecular weight excluding hydrogens is 324 g/mol. The molecule has 0 saturated heterocycles. The highest BCUT2D eigenvalue weighted by atomic mass is 19.4. The number of rotatable bonds is 5. The van der Waals surface area contributed by atoms with Crippen LogP contribution >= 0.6 is 0 Å². The van der Waals surface area contributed by atoms with E-state index in [1.165, 1.54) is 22.8 Å². The predicted molar refractivity (Wildman–Crippen MR) is 81.4 cm³/mol. The number of fused-ring (bicyclic) bond motifs is 1. The van der Waals surface area contributed by atoms with Gasteiger partial charge in [-0.25, -0.2) is 13.9 Å². The minimum atomic E-state index is -4.23. The summed E-state index contributed by atoms with van der Waals surface area (Å²) in [5, 5.41) is 7.10. The van der Waals surface area contributed by atoms with Gasteiger partial charge in [0.2, 0.25) is 0 Å². The Morgan fingerprint density at radius 3 is 2.75 bits per heavy atom. The summed E-state index contributed by atoms with van der Waals surface area (Å²) in [6, 6.07) is 7.75. The highest BCUT2D eigenvalue weighted by molar-refractivity contribution is 5.67. The van der Waals surface area contributed by atoms with Crippen molar-refractivity contribution in [1.82, 2.24) is 14.6 Å². The fourth-order valence-electron chi connectivity index (χ4n) is 2.38. The van der Waals surface area contributed by atoms with Crippen molar-refractivity contribution >= 4 is 11.3 Å². The Labute approximate surface area is 135 Å². The van der Waals surface area contributed by atoms with Crippen molar-refractivity contribution in [3.05, 3.63) is 59.8 Å². The van der Waals surface area contributed by atoms with Gasteiger partial charge in [0.25, 0.3) is 0 Å². The first kappa shape index (κ1) is 16.2. The standard InChI is InChI=1S/C16H14F4N4/c17-12-3-1-2-11(8-12)9-13-10-14(21-5-4-16(18,19)20)15-22-6-7-24(15)23-13/h1-3,6-8,10,21H,4-5,9H2. The summed E-state index contributed by atoms with van der Waals surface area (Å²) in [6.45, 7) is -0.255. The molecule has 1 aromatic carbocycles. The number of halogens is 4. The number of benzene rings is 1. The molecule has 0 aliphatic heterocycles. The first-order valence-electron chi connectivity index (χ1n) is 7.29. The molecule has 126 valence electrons. The minimum Gasteiger partial charge on any atom is -0.382 e. The molecule has 3 rings (SSSR count). The molecule has 0 unspecified atom stereocenters. The summed E-state index contributed by atoms with van der Waals surface area (Å²) in [6.07, 6.45) is -1.68. The zero-order valence-corrected chi connectivity index (χ0v) is 12.5. The lowest BCUT2D eigenvalue weighted by Crippen LogP contribution is -2.15. The second-order valence-corrected chi connectivity index (χ2v) is 5.34. The lowest BCUT2D eigenvalue weighted by molar-refractivity contribution is -0.131. The SMILES string of the molecule is Fc1cccc(Cc2cc(NCCC(F)(F)F)c3nccn3n2)c1. The van der Waals surface area contributed by atoms with Crippen LogP contribution in [0.25, 0.3) is 5.65 Å². The van der Waals surface area contributed by atoms with Crippen LogP contribution in [0.5, 0.6) is 0 Å². The molecule has 4 nitrogen and oxygen atoms in total. The predicted octanol–water partition coefficient (Wildman–Crippen LogP) is 3.82. The normalized spacial score (nSPS) is 11.8. The number of anilines is 1. The number of hydrogen-bond donors (Lipinski definition) is 1. The van der Waals surface area contributed by atoms with Gasteiger partial charge >= 0.3 is 6.18 Å². The molecule has 24 heavy (non-hydrogen) atoms. The van der Waals surface area contributed by atoms with Gasteiger partial charge in [-0.05, 0) is 23.8 Å². The fourth-order valence-corrected chi connectivity index (χ4v) is 2.38. The molecule has 8 heteroatoms. The molecule has 0 fully saturated rings. The van der Waals surface area contributed by atoms with E-state index in [2.05, 4.69) is 15.4 Å². The van der Waals surface area contributed by atoms with Gasteiger partial charge in [-0.2, -0.15) is 18.3 Å². The Morgan fingerprint density at radius 1 is 1.17 bits per heavy atom. The number of alkyl halides is 3. The summed E-state index contributed by atoms with van der Waals surface area (Å²) in [5.74, 6) is -0.347. The molecule has 0 spiro atoms. The Hall–Kier alpha value is -2.64. The van der Waals surface area contributed by atoms with E-state index in [0.29, 0.717) is 23.4 Å². The third kappa shape index (κ3) is 4.01. The maximum absolute atomic E-state index is 13.3. The maximum atomic E-state index is 13.3. The van der Waals surface area contributed by atoms with Gasteiger partial charge in [0.1, 0.15) is 5.82 Å². The average Bonchev–Trinajstić information content (AvgIpc) is 2.94. The Kier molecular flexibility index (Phi) is 4.37. The van der Waals surface area contributed by atoms with Crippen LogP contribution in [0.15, 0.2) is 42.7 Å². The van der Waals surface area contributed by atoms with E-state index in [4.69, 9.17) is 0 Å². The Bertz CT molecular complexity index is 841. The van der Waals surface area contributed by atoms with E-state index in [0.717, 1.165) is 5.56 Å². The van der Waals surface area contributed by atoms with Crippen molar-refractivity contribution in [2.45, 2.75) is 19.0 Å². The number of nitrogens with zero attached hydrogens (tertiary/aromatic N) is 3. The van der Waals surface area contributed by atoms with E-state index in [1.807, 2.05) is 0 Å². The summed E-state index contributed by atoms with van der Waals surface area (Å²) in [5.41, 5.74) is 2.23. The molecule has 2 heterocycles. The van der Waals surface area contributed by atoms with Crippen molar-refractivity contribution in [3.63, 3.8) is 0 Å². The van der Waals surface area contributed by atoms with Gasteiger partial charge in [-0.3, -0.25) is 0 Å². The average molecular weight is 338 g/mol. The summed E-state index contributed by atoms with van der Waals surface area (Å²) < 4.78 is 51.7. The van der Waals surface area contributed by atoms with Crippen LogP contribution in [0.3, 0.4) is 0 Å². The van der Waals surface area contributed by atoms with E-state index in [1.54, 1.807) is 24.4 Å². The van der Waals surface area contributed by atoms with E-state index in [-0.39, 0.29) is 12.4 Å². The number of aromatic nitrogens is 3. The van der Waals surface area contributed by atoms with Gasteiger partial charge in [0.15, 0.2) is 5.65 Å². The van der Waals surface area contributed by atoms with E-state index < -0.39 is 12.6 Å². The monoisotopic (exact) mass is 338 g/mol. The molecule has 0 atom stereocenters. The highest BCUT2D eigenvalue weighted by Gasteiger charge is 2.26. The molecule has 3 aromatic rings. The first-order chi connectivity index (χ1) is 11.4.